The predicted octanol–water partition coefficient (Wildman–Crippen LogP) is 1.63. The van der Waals surface area contributed by atoms with Crippen molar-refractivity contribution in [3.8, 4) is 5.75 Å². The molecular weight excluding hydrogens is 280 g/mol. The van der Waals surface area contributed by atoms with Gasteiger partial charge in [0.2, 0.25) is 0 Å². The third kappa shape index (κ3) is 1.86. The Morgan fingerprint density at radius 2 is 1.45 bits per heavy atom. The molecule has 6 heteroatoms. The smallest absolute Gasteiger partial charge is 0.198 e. The minimum absolute atomic E-state index is 0.0135. The molecule has 0 amide bonds. The number of rotatable bonds is 2. The van der Waals surface area contributed by atoms with Crippen LogP contribution in [-0.2, 0) is 11.4 Å². The number of carbonyl (C=O) groups excluding carboxylic acids is 2. The molecule has 100 valence electrons. The third-order valence-corrected chi connectivity index (χ3v) is 3.39. The normalized spacial score (nSPS) is 14.4. The molecular formula is C14H7O5S-. The van der Waals surface area contributed by atoms with Crippen LogP contribution in [0, 0.1) is 0 Å². The summed E-state index contributed by atoms with van der Waals surface area (Å²) in [5, 5.41) is 0. The number of hydrogen-bond donors (Lipinski definition) is 0. The SMILES string of the molecule is O=C1c2ccccc2C(=O)c2c(OS(=O)[O-])cccc21. The summed E-state index contributed by atoms with van der Waals surface area (Å²) >= 11 is -2.81. The summed E-state index contributed by atoms with van der Waals surface area (Å²) in [4.78, 5) is 24.8. The minimum atomic E-state index is -2.81. The standard InChI is InChI=1S/C14H8O5S/c15-13-8-4-1-2-5-9(8)14(16)12-10(13)6-3-7-11(12)19-20(17)18/h1-7H,(H,17,18)/p-1. The Morgan fingerprint density at radius 3 is 2.10 bits per heavy atom. The van der Waals surface area contributed by atoms with E-state index in [0.29, 0.717) is 5.56 Å². The van der Waals surface area contributed by atoms with Crippen LogP contribution in [0.5, 0.6) is 5.75 Å². The number of hydrogen-bond acceptors (Lipinski definition) is 5. The van der Waals surface area contributed by atoms with Crippen LogP contribution in [0.25, 0.3) is 0 Å². The molecule has 3 rings (SSSR count). The van der Waals surface area contributed by atoms with E-state index < -0.39 is 17.1 Å². The molecule has 1 atom stereocenters. The summed E-state index contributed by atoms with van der Waals surface area (Å²) in [6, 6.07) is 10.7. The Hall–Kier alpha value is -2.31. The summed E-state index contributed by atoms with van der Waals surface area (Å²) < 4.78 is 25.9. The lowest BCUT2D eigenvalue weighted by Crippen LogP contribution is -2.22. The number of carbonyl (C=O) groups is 2. The van der Waals surface area contributed by atoms with Crippen LogP contribution in [0.1, 0.15) is 31.8 Å². The van der Waals surface area contributed by atoms with E-state index in [1.807, 2.05) is 0 Å². The van der Waals surface area contributed by atoms with Crippen LogP contribution < -0.4 is 4.18 Å². The average Bonchev–Trinajstić information content (AvgIpc) is 2.44. The van der Waals surface area contributed by atoms with Gasteiger partial charge in [-0.1, -0.05) is 36.4 Å². The Bertz CT molecular complexity index is 766. The highest BCUT2D eigenvalue weighted by atomic mass is 32.2. The topological polar surface area (TPSA) is 83.5 Å². The fourth-order valence-corrected chi connectivity index (χ4v) is 2.54. The summed E-state index contributed by atoms with van der Waals surface area (Å²) in [6.07, 6.45) is 0. The van der Waals surface area contributed by atoms with Gasteiger partial charge in [-0.05, 0) is 6.07 Å². The van der Waals surface area contributed by atoms with Crippen LogP contribution in [0.3, 0.4) is 0 Å². The first-order chi connectivity index (χ1) is 9.59. The van der Waals surface area contributed by atoms with E-state index in [4.69, 9.17) is 0 Å². The Kier molecular flexibility index (Phi) is 2.96. The van der Waals surface area contributed by atoms with Gasteiger partial charge in [-0.25, -0.2) is 4.21 Å². The van der Waals surface area contributed by atoms with Gasteiger partial charge < -0.3 is 8.74 Å². The van der Waals surface area contributed by atoms with E-state index in [1.54, 1.807) is 18.2 Å². The first-order valence-electron chi connectivity index (χ1n) is 5.68. The fraction of sp³-hybridized carbons (Fsp3) is 0. The van der Waals surface area contributed by atoms with E-state index >= 15 is 0 Å². The van der Waals surface area contributed by atoms with Crippen LogP contribution >= 0.6 is 0 Å². The lowest BCUT2D eigenvalue weighted by molar-refractivity contribution is 0.0977. The van der Waals surface area contributed by atoms with Crippen LogP contribution in [-0.4, -0.2) is 20.3 Å². The van der Waals surface area contributed by atoms with Crippen molar-refractivity contribution in [1.82, 2.24) is 0 Å². The maximum atomic E-state index is 12.4. The molecule has 0 saturated carbocycles. The first kappa shape index (κ1) is 12.7. The van der Waals surface area contributed by atoms with Gasteiger partial charge in [-0.15, -0.1) is 0 Å². The number of fused-ring (bicyclic) bond motifs is 2. The lowest BCUT2D eigenvalue weighted by atomic mass is 9.84. The molecule has 1 aliphatic carbocycles. The van der Waals surface area contributed by atoms with Gasteiger partial charge in [0.05, 0.1) is 5.56 Å². The second-order valence-corrected chi connectivity index (χ2v) is 4.74. The fourth-order valence-electron chi connectivity index (χ4n) is 2.26. The molecule has 20 heavy (non-hydrogen) atoms. The first-order valence-corrected chi connectivity index (χ1v) is 6.68. The molecule has 0 radical (unpaired) electrons. The maximum absolute atomic E-state index is 12.4. The van der Waals surface area contributed by atoms with Crippen molar-refractivity contribution in [2.24, 2.45) is 0 Å². The van der Waals surface area contributed by atoms with Crippen molar-refractivity contribution in [3.63, 3.8) is 0 Å². The maximum Gasteiger partial charge on any atom is 0.198 e. The highest BCUT2D eigenvalue weighted by Crippen LogP contribution is 2.33. The molecule has 0 fully saturated rings. The van der Waals surface area contributed by atoms with E-state index in [0.717, 1.165) is 0 Å². The predicted molar refractivity (Wildman–Crippen MR) is 69.3 cm³/mol. The van der Waals surface area contributed by atoms with Gasteiger partial charge in [0.15, 0.2) is 17.3 Å². The van der Waals surface area contributed by atoms with E-state index in [-0.39, 0.29) is 28.2 Å². The second kappa shape index (κ2) is 4.66. The minimum Gasteiger partial charge on any atom is -0.740 e. The van der Waals surface area contributed by atoms with Crippen molar-refractivity contribution < 1.29 is 22.5 Å². The highest BCUT2D eigenvalue weighted by molar-refractivity contribution is 7.74. The zero-order valence-electron chi connectivity index (χ0n) is 9.99. The molecule has 0 saturated heterocycles. The monoisotopic (exact) mass is 287 g/mol. The van der Waals surface area contributed by atoms with Crippen molar-refractivity contribution in [2.75, 3.05) is 0 Å². The van der Waals surface area contributed by atoms with Crippen LogP contribution in [0.4, 0.5) is 0 Å². The van der Waals surface area contributed by atoms with Gasteiger partial charge in [-0.2, -0.15) is 0 Å². The Morgan fingerprint density at radius 1 is 0.850 bits per heavy atom. The molecule has 0 aliphatic heterocycles. The van der Waals surface area contributed by atoms with E-state index in [2.05, 4.69) is 4.18 Å². The molecule has 1 aliphatic rings. The summed E-state index contributed by atoms with van der Waals surface area (Å²) in [7, 11) is 0. The molecule has 2 aromatic carbocycles. The van der Waals surface area contributed by atoms with Crippen molar-refractivity contribution in [3.05, 3.63) is 64.7 Å². The Balaban J connectivity index is 2.25. The average molecular weight is 287 g/mol. The van der Waals surface area contributed by atoms with E-state index in [1.165, 1.54) is 24.3 Å². The zero-order valence-corrected chi connectivity index (χ0v) is 10.8. The highest BCUT2D eigenvalue weighted by Gasteiger charge is 2.32. The van der Waals surface area contributed by atoms with Gasteiger partial charge in [-0.3, -0.25) is 9.59 Å². The third-order valence-electron chi connectivity index (χ3n) is 3.07. The molecule has 0 N–H and O–H groups in total. The van der Waals surface area contributed by atoms with E-state index in [9.17, 15) is 18.4 Å². The lowest BCUT2D eigenvalue weighted by Gasteiger charge is -2.20. The molecule has 0 bridgehead atoms. The second-order valence-electron chi connectivity index (χ2n) is 4.17. The summed E-state index contributed by atoms with van der Waals surface area (Å²) in [5.74, 6) is -0.878. The molecule has 0 heterocycles. The zero-order chi connectivity index (χ0) is 14.3. The van der Waals surface area contributed by atoms with Gasteiger partial charge >= 0.3 is 0 Å². The molecule has 0 spiro atoms. The molecule has 0 aromatic heterocycles. The molecule has 2 aromatic rings. The number of ketones is 2. The quantitative estimate of drug-likeness (QED) is 0.669. The Labute approximate surface area is 116 Å². The van der Waals surface area contributed by atoms with Gasteiger partial charge in [0.1, 0.15) is 11.4 Å². The molecule has 5 nitrogen and oxygen atoms in total. The van der Waals surface area contributed by atoms with Gasteiger partial charge in [0, 0.05) is 16.7 Å². The number of benzene rings is 2. The van der Waals surface area contributed by atoms with Crippen molar-refractivity contribution >= 4 is 22.9 Å². The summed E-state index contributed by atoms with van der Waals surface area (Å²) in [5.41, 5.74) is 0.695. The molecule has 1 unspecified atom stereocenters. The van der Waals surface area contributed by atoms with Crippen molar-refractivity contribution in [1.29, 1.82) is 0 Å². The summed E-state index contributed by atoms with van der Waals surface area (Å²) in [6.45, 7) is 0. The van der Waals surface area contributed by atoms with Crippen molar-refractivity contribution in [2.45, 2.75) is 0 Å². The largest absolute Gasteiger partial charge is 0.740 e. The van der Waals surface area contributed by atoms with Crippen LogP contribution in [0.15, 0.2) is 42.5 Å². The van der Waals surface area contributed by atoms with Crippen LogP contribution in [0.2, 0.25) is 0 Å². The van der Waals surface area contributed by atoms with Gasteiger partial charge in [0.25, 0.3) is 0 Å².